The van der Waals surface area contributed by atoms with Crippen molar-refractivity contribution in [3.8, 4) is 11.3 Å². The lowest BCUT2D eigenvalue weighted by Crippen LogP contribution is -2.38. The van der Waals surface area contributed by atoms with Crippen molar-refractivity contribution in [2.24, 2.45) is 0 Å². The molecule has 2 aromatic carbocycles. The van der Waals surface area contributed by atoms with Gasteiger partial charge in [-0.15, -0.1) is 0 Å². The van der Waals surface area contributed by atoms with Crippen LogP contribution < -0.4 is 5.32 Å². The van der Waals surface area contributed by atoms with Gasteiger partial charge in [0.05, 0.1) is 16.2 Å². The van der Waals surface area contributed by atoms with Crippen LogP contribution >= 0.6 is 0 Å². The Kier molecular flexibility index (Phi) is 7.59. The van der Waals surface area contributed by atoms with Crippen molar-refractivity contribution in [1.29, 1.82) is 0 Å². The number of hydrogen-bond donors (Lipinski definition) is 1. The van der Waals surface area contributed by atoms with Crippen molar-refractivity contribution in [1.82, 2.24) is 14.6 Å². The van der Waals surface area contributed by atoms with Gasteiger partial charge in [0.1, 0.15) is 11.5 Å². The van der Waals surface area contributed by atoms with E-state index in [1.165, 1.54) is 37.4 Å². The third-order valence-corrected chi connectivity index (χ3v) is 6.93. The molecule has 1 amide bonds. The highest BCUT2D eigenvalue weighted by Gasteiger charge is 2.30. The number of rotatable bonds is 8. The number of sulfonamides is 1. The maximum absolute atomic E-state index is 13.5. The maximum Gasteiger partial charge on any atom is 0.416 e. The fraction of sp³-hybridized carbons (Fsp3) is 0.167. The smallest absolute Gasteiger partial charge is 0.347 e. The van der Waals surface area contributed by atoms with Crippen molar-refractivity contribution in [3.05, 3.63) is 96.1 Å². The summed E-state index contributed by atoms with van der Waals surface area (Å²) in [5.74, 6) is -1.50. The number of pyridine rings is 1. The van der Waals surface area contributed by atoms with Gasteiger partial charge in [-0.25, -0.2) is 12.8 Å². The lowest BCUT2D eigenvalue weighted by atomic mass is 10.1. The Morgan fingerprint density at radius 3 is 2.37 bits per heavy atom. The minimum Gasteiger partial charge on any atom is -0.347 e. The van der Waals surface area contributed by atoms with Crippen LogP contribution in [0.1, 0.15) is 18.1 Å². The molecule has 6 nitrogen and oxygen atoms in total. The van der Waals surface area contributed by atoms with E-state index in [0.29, 0.717) is 16.8 Å². The lowest BCUT2D eigenvalue weighted by Gasteiger charge is -2.24. The molecule has 1 aromatic heterocycles. The van der Waals surface area contributed by atoms with Gasteiger partial charge in [-0.05, 0) is 55.0 Å². The summed E-state index contributed by atoms with van der Waals surface area (Å²) >= 11 is 0. The summed E-state index contributed by atoms with van der Waals surface area (Å²) in [6.07, 6.45) is -3.01. The van der Waals surface area contributed by atoms with Crippen LogP contribution in [0.2, 0.25) is 0 Å². The maximum atomic E-state index is 13.5. The van der Waals surface area contributed by atoms with E-state index < -0.39 is 33.5 Å². The largest absolute Gasteiger partial charge is 0.416 e. The normalized spacial score (nSPS) is 11.7. The number of carbonyl (C=O) groups excluding carboxylic acids is 1. The quantitative estimate of drug-likeness (QED) is 0.353. The highest BCUT2D eigenvalue weighted by atomic mass is 32.2. The second kappa shape index (κ2) is 10.3. The number of halogens is 4. The van der Waals surface area contributed by atoms with Crippen LogP contribution in [-0.4, -0.2) is 30.2 Å². The zero-order valence-electron chi connectivity index (χ0n) is 18.5. The Balaban J connectivity index is 1.71. The summed E-state index contributed by atoms with van der Waals surface area (Å²) in [7, 11) is -4.21. The molecule has 184 valence electrons. The number of benzene rings is 2. The van der Waals surface area contributed by atoms with Gasteiger partial charge >= 0.3 is 6.18 Å². The van der Waals surface area contributed by atoms with Crippen LogP contribution in [0.25, 0.3) is 11.3 Å². The van der Waals surface area contributed by atoms with E-state index in [4.69, 9.17) is 0 Å². The number of aromatic nitrogens is 1. The van der Waals surface area contributed by atoms with Crippen molar-refractivity contribution in [2.45, 2.75) is 24.5 Å². The first kappa shape index (κ1) is 25.9. The molecule has 11 heteroatoms. The fourth-order valence-corrected chi connectivity index (χ4v) is 4.71. The first-order chi connectivity index (χ1) is 16.4. The number of amides is 1. The molecule has 1 heterocycles. The van der Waals surface area contributed by atoms with Crippen molar-refractivity contribution in [2.75, 3.05) is 6.54 Å². The number of likely N-dealkylation sites (N-methyl/N-ethyl adjacent to an activating group) is 1. The van der Waals surface area contributed by atoms with E-state index in [0.717, 1.165) is 28.6 Å². The zero-order chi connectivity index (χ0) is 25.8. The van der Waals surface area contributed by atoms with Gasteiger partial charge in [0.2, 0.25) is 0 Å². The van der Waals surface area contributed by atoms with Crippen LogP contribution in [0.5, 0.6) is 0 Å². The third kappa shape index (κ3) is 6.04. The Bertz CT molecular complexity index is 1340. The molecule has 3 aromatic rings. The number of carbonyl (C=O) groups is 1. The summed E-state index contributed by atoms with van der Waals surface area (Å²) in [4.78, 5) is 16.5. The fourth-order valence-electron chi connectivity index (χ4n) is 3.23. The number of alkyl halides is 3. The second-order valence-corrected chi connectivity index (χ2v) is 9.24. The predicted octanol–water partition coefficient (Wildman–Crippen LogP) is 4.75. The predicted molar refractivity (Wildman–Crippen MR) is 122 cm³/mol. The Morgan fingerprint density at radius 2 is 1.77 bits per heavy atom. The number of nitrogens with one attached hydrogen (secondary N) is 1. The summed E-state index contributed by atoms with van der Waals surface area (Å²) in [6.45, 7) is 4.96. The molecule has 0 saturated carbocycles. The highest BCUT2D eigenvalue weighted by molar-refractivity contribution is 7.89. The van der Waals surface area contributed by atoms with Crippen molar-refractivity contribution in [3.63, 3.8) is 0 Å². The molecule has 1 N–H and O–H groups in total. The Hall–Kier alpha value is -3.73. The molecule has 0 saturated heterocycles. The van der Waals surface area contributed by atoms with Gasteiger partial charge in [-0.1, -0.05) is 24.8 Å². The molecule has 0 spiro atoms. The molecule has 0 aliphatic rings. The molecule has 0 unspecified atom stereocenters. The molecule has 3 rings (SSSR count). The summed E-state index contributed by atoms with van der Waals surface area (Å²) in [5, 5.41) is 2.56. The zero-order valence-corrected chi connectivity index (χ0v) is 19.3. The molecule has 0 aliphatic carbocycles. The molecule has 0 radical (unpaired) electrons. The van der Waals surface area contributed by atoms with E-state index in [2.05, 4.69) is 16.9 Å². The van der Waals surface area contributed by atoms with Crippen LogP contribution in [0.4, 0.5) is 17.6 Å². The lowest BCUT2D eigenvalue weighted by molar-refractivity contribution is -0.137. The van der Waals surface area contributed by atoms with Gasteiger partial charge in [-0.3, -0.25) is 14.1 Å². The van der Waals surface area contributed by atoms with Gasteiger partial charge < -0.3 is 5.32 Å². The monoisotopic (exact) mass is 507 g/mol. The topological polar surface area (TPSA) is 79.4 Å². The number of nitrogens with zero attached hydrogens (tertiary/aromatic N) is 2. The number of hydrogen-bond acceptors (Lipinski definition) is 4. The van der Waals surface area contributed by atoms with Crippen LogP contribution in [-0.2, 0) is 27.5 Å². The summed E-state index contributed by atoms with van der Waals surface area (Å²) < 4.78 is 78.4. The van der Waals surface area contributed by atoms with Gasteiger partial charge in [0, 0.05) is 24.8 Å². The van der Waals surface area contributed by atoms with Gasteiger partial charge in [0.15, 0.2) is 0 Å². The van der Waals surface area contributed by atoms with Gasteiger partial charge in [0.25, 0.3) is 15.9 Å². The minimum atomic E-state index is -4.45. The molecule has 35 heavy (non-hydrogen) atoms. The average molecular weight is 508 g/mol. The van der Waals surface area contributed by atoms with Crippen molar-refractivity contribution >= 4 is 15.9 Å². The van der Waals surface area contributed by atoms with E-state index in [1.807, 2.05) is 0 Å². The van der Waals surface area contributed by atoms with E-state index in [1.54, 1.807) is 12.1 Å². The summed E-state index contributed by atoms with van der Waals surface area (Å²) in [5.41, 5.74) is 0.291. The minimum absolute atomic E-state index is 0.0222. The summed E-state index contributed by atoms with van der Waals surface area (Å²) in [6, 6.07) is 12.1. The average Bonchev–Trinajstić information content (AvgIpc) is 2.82. The SMILES string of the molecule is C=C(C(=O)NCc1ccnc(-c2ccc(C(F)(F)F)cc2)c1)N(CC)S(=O)(=O)c1cccc(F)c1. The van der Waals surface area contributed by atoms with E-state index >= 15 is 0 Å². The van der Waals surface area contributed by atoms with Crippen LogP contribution in [0, 0.1) is 5.82 Å². The first-order valence-electron chi connectivity index (χ1n) is 10.3. The van der Waals surface area contributed by atoms with E-state index in [-0.39, 0.29) is 23.7 Å². The van der Waals surface area contributed by atoms with Gasteiger partial charge in [-0.2, -0.15) is 13.2 Å². The molecule has 0 bridgehead atoms. The second-order valence-electron chi connectivity index (χ2n) is 7.38. The molecular weight excluding hydrogens is 486 g/mol. The molecule has 0 fully saturated rings. The molecular formula is C24H21F4N3O3S. The van der Waals surface area contributed by atoms with Crippen LogP contribution in [0.15, 0.2) is 84.0 Å². The standard InChI is InChI=1S/C24H21F4N3O3S/c1-3-31(35(33,34)21-6-4-5-20(25)14-21)16(2)23(32)30-15-17-11-12-29-22(13-17)18-7-9-19(10-8-18)24(26,27)28/h4-14H,2-3,15H2,1H3,(H,30,32). The highest BCUT2D eigenvalue weighted by Crippen LogP contribution is 2.30. The Labute approximate surface area is 200 Å². The first-order valence-corrected chi connectivity index (χ1v) is 11.8. The Morgan fingerprint density at radius 1 is 1.09 bits per heavy atom. The van der Waals surface area contributed by atoms with Crippen molar-refractivity contribution < 1.29 is 30.8 Å². The third-order valence-electron chi connectivity index (χ3n) is 5.02. The van der Waals surface area contributed by atoms with Crippen LogP contribution in [0.3, 0.4) is 0 Å². The van der Waals surface area contributed by atoms with E-state index in [9.17, 15) is 30.8 Å². The molecule has 0 atom stereocenters. The molecule has 0 aliphatic heterocycles.